The molecular weight excluding hydrogens is 305 g/mol. The van der Waals surface area contributed by atoms with Gasteiger partial charge in [-0.3, -0.25) is 9.36 Å². The van der Waals surface area contributed by atoms with E-state index < -0.39 is 7.60 Å². The Bertz CT molecular complexity index is 702. The molecule has 20 heavy (non-hydrogen) atoms. The lowest BCUT2D eigenvalue weighted by molar-refractivity contribution is 0.0832. The van der Waals surface area contributed by atoms with Gasteiger partial charge >= 0.3 is 7.60 Å². The van der Waals surface area contributed by atoms with Crippen LogP contribution >= 0.6 is 18.9 Å². The number of aromatic nitrogens is 1. The topological polar surface area (TPSA) is 130 Å². The molecule has 0 atom stereocenters. The largest absolute Gasteiger partial charge is 0.462 e. The van der Waals surface area contributed by atoms with Crippen molar-refractivity contribution in [1.29, 1.82) is 0 Å². The van der Waals surface area contributed by atoms with Crippen molar-refractivity contribution in [2.24, 2.45) is 0 Å². The van der Waals surface area contributed by atoms with Gasteiger partial charge in [-0.25, -0.2) is 4.98 Å². The number of hydrogen-bond acceptors (Lipinski definition) is 6. The van der Waals surface area contributed by atoms with Gasteiger partial charge in [0.2, 0.25) is 0 Å². The Balaban J connectivity index is 2.63. The van der Waals surface area contributed by atoms with Crippen LogP contribution < -0.4 is 11.0 Å². The third-order valence-corrected chi connectivity index (χ3v) is 4.27. The van der Waals surface area contributed by atoms with E-state index in [-0.39, 0.29) is 32.7 Å². The molecule has 0 aliphatic heterocycles. The summed E-state index contributed by atoms with van der Waals surface area (Å²) < 4.78 is 16.5. The third kappa shape index (κ3) is 2.61. The predicted octanol–water partition coefficient (Wildman–Crippen LogP) is 0.490. The van der Waals surface area contributed by atoms with E-state index in [9.17, 15) is 19.1 Å². The van der Waals surface area contributed by atoms with E-state index >= 15 is 0 Å². The molecular formula is C10H12N3O5PS. The predicted molar refractivity (Wildman–Crippen MR) is 73.9 cm³/mol. The van der Waals surface area contributed by atoms with Gasteiger partial charge in [0, 0.05) is 14.1 Å². The third-order valence-electron chi connectivity index (χ3n) is 2.42. The van der Waals surface area contributed by atoms with E-state index in [1.165, 1.54) is 4.90 Å². The molecule has 1 amide bonds. The summed E-state index contributed by atoms with van der Waals surface area (Å²) in [5.41, 5.74) is 5.62. The number of nitrogens with zero attached hydrogens (tertiary/aromatic N) is 2. The highest BCUT2D eigenvalue weighted by Crippen LogP contribution is 2.40. The first kappa shape index (κ1) is 14.7. The first-order valence-electron chi connectivity index (χ1n) is 5.33. The summed E-state index contributed by atoms with van der Waals surface area (Å²) in [5.74, 6) is -0.515. The van der Waals surface area contributed by atoms with Gasteiger partial charge in [-0.15, -0.1) is 0 Å². The van der Waals surface area contributed by atoms with Crippen LogP contribution in [0.3, 0.4) is 0 Å². The molecule has 0 aliphatic carbocycles. The van der Waals surface area contributed by atoms with Crippen molar-refractivity contribution >= 4 is 35.3 Å². The number of hydrogen-bond donors (Lipinski definition) is 3. The second kappa shape index (κ2) is 5.02. The zero-order chi connectivity index (χ0) is 15.1. The van der Waals surface area contributed by atoms with Crippen molar-refractivity contribution in [2.75, 3.05) is 19.8 Å². The second-order valence-corrected chi connectivity index (χ2v) is 6.71. The molecule has 2 aromatic rings. The molecule has 0 saturated heterocycles. The highest BCUT2D eigenvalue weighted by atomic mass is 32.1. The summed E-state index contributed by atoms with van der Waals surface area (Å²) in [4.78, 5) is 36.0. The molecule has 0 saturated carbocycles. The number of carbonyl (C=O) groups is 1. The molecule has 4 N–H and O–H groups in total. The van der Waals surface area contributed by atoms with Crippen LogP contribution in [0.5, 0.6) is 0 Å². The molecule has 0 aromatic carbocycles. The molecule has 10 heteroatoms. The second-order valence-electron chi connectivity index (χ2n) is 4.11. The van der Waals surface area contributed by atoms with E-state index in [1.54, 1.807) is 14.1 Å². The molecule has 0 spiro atoms. The average molecular weight is 317 g/mol. The Morgan fingerprint density at radius 2 is 2.15 bits per heavy atom. The molecule has 2 rings (SSSR count). The minimum atomic E-state index is -4.53. The smallest absolute Gasteiger partial charge is 0.360 e. The summed E-state index contributed by atoms with van der Waals surface area (Å²) >= 11 is 0.931. The van der Waals surface area contributed by atoms with E-state index in [1.807, 2.05) is 0 Å². The number of furan rings is 1. The number of nitrogens with two attached hydrogens (primary N) is 1. The first-order valence-corrected chi connectivity index (χ1v) is 7.76. The normalized spacial score (nSPS) is 11.6. The van der Waals surface area contributed by atoms with Gasteiger partial charge in [-0.2, -0.15) is 0 Å². The van der Waals surface area contributed by atoms with E-state index in [0.29, 0.717) is 0 Å². The van der Waals surface area contributed by atoms with Gasteiger partial charge in [0.1, 0.15) is 15.9 Å². The first-order chi connectivity index (χ1) is 9.21. The van der Waals surface area contributed by atoms with Crippen LogP contribution in [0.1, 0.15) is 9.67 Å². The fourth-order valence-electron chi connectivity index (χ4n) is 1.55. The van der Waals surface area contributed by atoms with Crippen LogP contribution in [0.2, 0.25) is 0 Å². The lowest BCUT2D eigenvalue weighted by Gasteiger charge is -2.09. The summed E-state index contributed by atoms with van der Waals surface area (Å²) in [6, 6.07) is 1.15. The Morgan fingerprint density at radius 3 is 2.70 bits per heavy atom. The maximum atomic E-state index is 12.0. The molecule has 8 nitrogen and oxygen atoms in total. The monoisotopic (exact) mass is 317 g/mol. The van der Waals surface area contributed by atoms with E-state index in [0.717, 1.165) is 23.7 Å². The number of rotatable bonds is 3. The summed E-state index contributed by atoms with van der Waals surface area (Å²) in [6.07, 6.45) is 1.13. The SMILES string of the molecule is CN(C)C(=O)c1sc(N)nc1-c1occc1P(=O)(O)O. The standard InChI is InChI=1S/C10H12N3O5PS/c1-13(2)9(14)8-6(12-10(11)20-8)7-5(3-4-18-7)19(15,16)17/h3-4H,1-2H3,(H2,11,12)(H2,15,16,17). The Hall–Kier alpha value is -1.67. The maximum Gasteiger partial charge on any atom is 0.360 e. The van der Waals surface area contributed by atoms with Crippen LogP contribution in [0.4, 0.5) is 5.13 Å². The number of thiazole rings is 1. The molecule has 0 radical (unpaired) electrons. The zero-order valence-corrected chi connectivity index (χ0v) is 12.3. The fraction of sp³-hybridized carbons (Fsp3) is 0.200. The van der Waals surface area contributed by atoms with E-state index in [4.69, 9.17) is 10.2 Å². The highest BCUT2D eigenvalue weighted by molar-refractivity contribution is 7.60. The molecule has 108 valence electrons. The molecule has 2 heterocycles. The van der Waals surface area contributed by atoms with Crippen molar-refractivity contribution in [3.63, 3.8) is 0 Å². The van der Waals surface area contributed by atoms with Crippen molar-refractivity contribution in [3.05, 3.63) is 17.2 Å². The highest BCUT2D eigenvalue weighted by Gasteiger charge is 2.30. The van der Waals surface area contributed by atoms with Crippen molar-refractivity contribution in [2.45, 2.75) is 0 Å². The van der Waals surface area contributed by atoms with Crippen LogP contribution in [0, 0.1) is 0 Å². The Morgan fingerprint density at radius 1 is 1.50 bits per heavy atom. The Labute approximate surface area is 118 Å². The molecule has 0 fully saturated rings. The van der Waals surface area contributed by atoms with Gasteiger partial charge < -0.3 is 24.8 Å². The van der Waals surface area contributed by atoms with Crippen molar-refractivity contribution < 1.29 is 23.6 Å². The van der Waals surface area contributed by atoms with E-state index in [2.05, 4.69) is 4.98 Å². The minimum absolute atomic E-state index is 0.0366. The van der Waals surface area contributed by atoms with Crippen LogP contribution in [-0.2, 0) is 4.57 Å². The van der Waals surface area contributed by atoms with Crippen molar-refractivity contribution in [1.82, 2.24) is 9.88 Å². The van der Waals surface area contributed by atoms with Gasteiger partial charge in [-0.1, -0.05) is 11.3 Å². The van der Waals surface area contributed by atoms with Gasteiger partial charge in [0.15, 0.2) is 10.9 Å². The average Bonchev–Trinajstić information content (AvgIpc) is 2.92. The van der Waals surface area contributed by atoms with Gasteiger partial charge in [0.05, 0.1) is 6.26 Å². The van der Waals surface area contributed by atoms with Crippen LogP contribution in [0.25, 0.3) is 11.5 Å². The zero-order valence-electron chi connectivity index (χ0n) is 10.6. The van der Waals surface area contributed by atoms with Crippen LogP contribution in [-0.4, -0.2) is 39.7 Å². The lowest BCUT2D eigenvalue weighted by Crippen LogP contribution is -2.21. The Kier molecular flexibility index (Phi) is 3.70. The molecule has 2 aromatic heterocycles. The number of nitrogen functional groups attached to an aromatic ring is 1. The minimum Gasteiger partial charge on any atom is -0.462 e. The fourth-order valence-corrected chi connectivity index (χ4v) is 3.08. The summed E-state index contributed by atoms with van der Waals surface area (Å²) in [7, 11) is -1.43. The molecule has 0 bridgehead atoms. The quantitative estimate of drug-likeness (QED) is 0.702. The maximum absolute atomic E-state index is 12.0. The van der Waals surface area contributed by atoms with Crippen molar-refractivity contribution in [3.8, 4) is 11.5 Å². The summed E-state index contributed by atoms with van der Waals surface area (Å²) in [5, 5.41) is -0.214. The van der Waals surface area contributed by atoms with Gasteiger partial charge in [0.25, 0.3) is 5.91 Å². The lowest BCUT2D eigenvalue weighted by atomic mass is 10.2. The molecule has 0 unspecified atom stereocenters. The number of anilines is 1. The van der Waals surface area contributed by atoms with Crippen LogP contribution in [0.15, 0.2) is 16.7 Å². The number of carbonyl (C=O) groups excluding carboxylic acids is 1. The van der Waals surface area contributed by atoms with Gasteiger partial charge in [-0.05, 0) is 6.07 Å². The molecule has 0 aliphatic rings. The summed E-state index contributed by atoms with van der Waals surface area (Å²) in [6.45, 7) is 0. The number of amides is 1.